The summed E-state index contributed by atoms with van der Waals surface area (Å²) in [7, 11) is 1.68. The molecule has 90 valence electrons. The van der Waals surface area contributed by atoms with Gasteiger partial charge in [-0.3, -0.25) is 4.98 Å². The SMILES string of the molecule is COCC(CN)Nc1ccnc2ccccc12. The molecule has 17 heavy (non-hydrogen) atoms. The van der Waals surface area contributed by atoms with Crippen molar-refractivity contribution in [1.82, 2.24) is 4.98 Å². The Morgan fingerprint density at radius 2 is 2.18 bits per heavy atom. The molecule has 1 aromatic carbocycles. The monoisotopic (exact) mass is 231 g/mol. The highest BCUT2D eigenvalue weighted by molar-refractivity contribution is 5.90. The summed E-state index contributed by atoms with van der Waals surface area (Å²) < 4.78 is 5.12. The Morgan fingerprint density at radius 1 is 1.35 bits per heavy atom. The van der Waals surface area contributed by atoms with Crippen molar-refractivity contribution in [3.8, 4) is 0 Å². The number of ether oxygens (including phenoxy) is 1. The third-order valence-electron chi connectivity index (χ3n) is 2.66. The molecule has 2 rings (SSSR count). The molecular weight excluding hydrogens is 214 g/mol. The Bertz CT molecular complexity index is 482. The number of rotatable bonds is 5. The molecule has 1 aromatic heterocycles. The second-order valence-corrected chi connectivity index (χ2v) is 3.91. The Balaban J connectivity index is 2.28. The Kier molecular flexibility index (Phi) is 3.90. The van der Waals surface area contributed by atoms with Crippen LogP contribution in [0.2, 0.25) is 0 Å². The lowest BCUT2D eigenvalue weighted by Gasteiger charge is -2.18. The van der Waals surface area contributed by atoms with E-state index in [0.29, 0.717) is 13.2 Å². The fourth-order valence-electron chi connectivity index (χ4n) is 1.81. The number of hydrogen-bond donors (Lipinski definition) is 2. The third-order valence-corrected chi connectivity index (χ3v) is 2.66. The number of aromatic nitrogens is 1. The average Bonchev–Trinajstić information content (AvgIpc) is 2.38. The third kappa shape index (κ3) is 2.72. The lowest BCUT2D eigenvalue weighted by molar-refractivity contribution is 0.187. The van der Waals surface area contributed by atoms with E-state index in [-0.39, 0.29) is 6.04 Å². The minimum Gasteiger partial charge on any atom is -0.383 e. The molecule has 0 aliphatic heterocycles. The summed E-state index contributed by atoms with van der Waals surface area (Å²) in [4.78, 5) is 4.32. The van der Waals surface area contributed by atoms with Gasteiger partial charge in [-0.05, 0) is 12.1 Å². The van der Waals surface area contributed by atoms with Crippen LogP contribution in [0, 0.1) is 0 Å². The summed E-state index contributed by atoms with van der Waals surface area (Å²) in [5.41, 5.74) is 7.71. The number of anilines is 1. The molecule has 0 aliphatic carbocycles. The summed E-state index contributed by atoms with van der Waals surface area (Å²) in [6.45, 7) is 1.12. The van der Waals surface area contributed by atoms with E-state index >= 15 is 0 Å². The highest BCUT2D eigenvalue weighted by Crippen LogP contribution is 2.21. The van der Waals surface area contributed by atoms with E-state index in [1.165, 1.54) is 0 Å². The van der Waals surface area contributed by atoms with Crippen molar-refractivity contribution < 1.29 is 4.74 Å². The highest BCUT2D eigenvalue weighted by atomic mass is 16.5. The molecule has 0 saturated heterocycles. The minimum atomic E-state index is 0.116. The van der Waals surface area contributed by atoms with Crippen molar-refractivity contribution in [2.24, 2.45) is 5.73 Å². The van der Waals surface area contributed by atoms with Gasteiger partial charge in [-0.1, -0.05) is 18.2 Å². The number of hydrogen-bond acceptors (Lipinski definition) is 4. The number of nitrogens with one attached hydrogen (secondary N) is 1. The van der Waals surface area contributed by atoms with Crippen LogP contribution in [0.1, 0.15) is 0 Å². The topological polar surface area (TPSA) is 60.2 Å². The lowest BCUT2D eigenvalue weighted by atomic mass is 10.1. The van der Waals surface area contributed by atoms with Gasteiger partial charge in [0.2, 0.25) is 0 Å². The summed E-state index contributed by atoms with van der Waals surface area (Å²) in [6.07, 6.45) is 1.80. The largest absolute Gasteiger partial charge is 0.383 e. The minimum absolute atomic E-state index is 0.116. The maximum absolute atomic E-state index is 5.69. The Hall–Kier alpha value is -1.65. The highest BCUT2D eigenvalue weighted by Gasteiger charge is 2.08. The second kappa shape index (κ2) is 5.61. The zero-order valence-corrected chi connectivity index (χ0v) is 9.89. The quantitative estimate of drug-likeness (QED) is 0.821. The summed E-state index contributed by atoms with van der Waals surface area (Å²) in [5, 5.41) is 4.48. The fourth-order valence-corrected chi connectivity index (χ4v) is 1.81. The van der Waals surface area contributed by atoms with Crippen LogP contribution in [-0.4, -0.2) is 31.3 Å². The van der Waals surface area contributed by atoms with Gasteiger partial charge in [0.05, 0.1) is 18.2 Å². The molecule has 1 atom stereocenters. The smallest absolute Gasteiger partial charge is 0.0722 e. The van der Waals surface area contributed by atoms with Crippen LogP contribution < -0.4 is 11.1 Å². The molecule has 2 aromatic rings. The van der Waals surface area contributed by atoms with E-state index in [0.717, 1.165) is 16.6 Å². The summed E-state index contributed by atoms with van der Waals surface area (Å²) in [6, 6.07) is 10.1. The molecule has 0 bridgehead atoms. The normalized spacial score (nSPS) is 12.6. The van der Waals surface area contributed by atoms with Gasteiger partial charge in [0.15, 0.2) is 0 Å². The zero-order valence-electron chi connectivity index (χ0n) is 9.89. The fraction of sp³-hybridized carbons (Fsp3) is 0.308. The molecule has 1 heterocycles. The summed E-state index contributed by atoms with van der Waals surface area (Å²) >= 11 is 0. The van der Waals surface area contributed by atoms with Crippen molar-refractivity contribution in [2.45, 2.75) is 6.04 Å². The van der Waals surface area contributed by atoms with Gasteiger partial charge in [-0.2, -0.15) is 0 Å². The molecule has 0 aliphatic rings. The standard InChI is InChI=1S/C13H17N3O/c1-17-9-10(8-14)16-13-6-7-15-12-5-3-2-4-11(12)13/h2-7,10H,8-9,14H2,1H3,(H,15,16). The van der Waals surface area contributed by atoms with Crippen molar-refractivity contribution >= 4 is 16.6 Å². The van der Waals surface area contributed by atoms with E-state index in [2.05, 4.69) is 10.3 Å². The molecule has 0 fully saturated rings. The first kappa shape index (κ1) is 11.8. The maximum atomic E-state index is 5.69. The first-order valence-electron chi connectivity index (χ1n) is 5.64. The van der Waals surface area contributed by atoms with Gasteiger partial charge >= 0.3 is 0 Å². The van der Waals surface area contributed by atoms with Crippen molar-refractivity contribution in [3.05, 3.63) is 36.5 Å². The van der Waals surface area contributed by atoms with Crippen molar-refractivity contribution in [2.75, 3.05) is 25.6 Å². The van der Waals surface area contributed by atoms with Gasteiger partial charge in [0.25, 0.3) is 0 Å². The van der Waals surface area contributed by atoms with Gasteiger partial charge in [-0.15, -0.1) is 0 Å². The van der Waals surface area contributed by atoms with Crippen LogP contribution >= 0.6 is 0 Å². The van der Waals surface area contributed by atoms with Crippen LogP contribution in [0.3, 0.4) is 0 Å². The van der Waals surface area contributed by atoms with E-state index in [1.807, 2.05) is 30.3 Å². The van der Waals surface area contributed by atoms with E-state index in [4.69, 9.17) is 10.5 Å². The van der Waals surface area contributed by atoms with Crippen LogP contribution in [0.4, 0.5) is 5.69 Å². The van der Waals surface area contributed by atoms with Crippen LogP contribution in [0.15, 0.2) is 36.5 Å². The number of methoxy groups -OCH3 is 1. The lowest BCUT2D eigenvalue weighted by Crippen LogP contribution is -2.33. The summed E-state index contributed by atoms with van der Waals surface area (Å²) in [5.74, 6) is 0. The molecule has 1 unspecified atom stereocenters. The Morgan fingerprint density at radius 3 is 2.94 bits per heavy atom. The van der Waals surface area contributed by atoms with Gasteiger partial charge in [0.1, 0.15) is 0 Å². The van der Waals surface area contributed by atoms with E-state index in [9.17, 15) is 0 Å². The number of nitrogens with two attached hydrogens (primary N) is 1. The second-order valence-electron chi connectivity index (χ2n) is 3.91. The number of benzene rings is 1. The first-order valence-corrected chi connectivity index (χ1v) is 5.64. The van der Waals surface area contributed by atoms with Crippen LogP contribution in [0.5, 0.6) is 0 Å². The number of pyridine rings is 1. The number of para-hydroxylation sites is 1. The maximum Gasteiger partial charge on any atom is 0.0722 e. The van der Waals surface area contributed by atoms with Gasteiger partial charge in [0, 0.05) is 30.9 Å². The molecule has 0 radical (unpaired) electrons. The molecule has 4 heteroatoms. The predicted molar refractivity (Wildman–Crippen MR) is 70.1 cm³/mol. The van der Waals surface area contributed by atoms with Crippen molar-refractivity contribution in [3.63, 3.8) is 0 Å². The van der Waals surface area contributed by atoms with Crippen LogP contribution in [0.25, 0.3) is 10.9 Å². The number of nitrogens with zero attached hydrogens (tertiary/aromatic N) is 1. The van der Waals surface area contributed by atoms with Crippen LogP contribution in [-0.2, 0) is 4.74 Å². The van der Waals surface area contributed by atoms with Gasteiger partial charge < -0.3 is 15.8 Å². The Labute approximate surface area is 101 Å². The molecule has 0 amide bonds. The molecule has 0 spiro atoms. The molecule has 0 saturated carbocycles. The molecule has 4 nitrogen and oxygen atoms in total. The van der Waals surface area contributed by atoms with E-state index < -0.39 is 0 Å². The number of fused-ring (bicyclic) bond motifs is 1. The zero-order chi connectivity index (χ0) is 12.1. The van der Waals surface area contributed by atoms with E-state index in [1.54, 1.807) is 13.3 Å². The van der Waals surface area contributed by atoms with Gasteiger partial charge in [-0.25, -0.2) is 0 Å². The molecular formula is C13H17N3O. The van der Waals surface area contributed by atoms with Crippen molar-refractivity contribution in [1.29, 1.82) is 0 Å². The average molecular weight is 231 g/mol. The first-order chi connectivity index (χ1) is 8.35. The predicted octanol–water partition coefficient (Wildman–Crippen LogP) is 1.62. The molecule has 3 N–H and O–H groups in total.